The zero-order chi connectivity index (χ0) is 19.1. The zero-order valence-electron chi connectivity index (χ0n) is 15.9. The van der Waals surface area contributed by atoms with Crippen molar-refractivity contribution in [3.05, 3.63) is 64.1 Å². The Morgan fingerprint density at radius 2 is 1.89 bits per heavy atom. The number of hydrogen-bond acceptors (Lipinski definition) is 3. The summed E-state index contributed by atoms with van der Waals surface area (Å²) in [4.78, 5) is 14.5. The number of carbonyl (C=O) groups excluding carboxylic acids is 1. The van der Waals surface area contributed by atoms with Gasteiger partial charge in [-0.2, -0.15) is 0 Å². The smallest absolute Gasteiger partial charge is 0.410 e. The van der Waals surface area contributed by atoms with Gasteiger partial charge in [-0.05, 0) is 60.9 Å². The maximum Gasteiger partial charge on any atom is 0.410 e. The van der Waals surface area contributed by atoms with Crippen molar-refractivity contribution in [2.75, 3.05) is 18.4 Å². The van der Waals surface area contributed by atoms with Crippen LogP contribution < -0.4 is 5.32 Å². The number of rotatable bonds is 3. The second kappa shape index (κ2) is 7.11. The lowest BCUT2D eigenvalue weighted by molar-refractivity contribution is 0.0744. The van der Waals surface area contributed by atoms with Gasteiger partial charge >= 0.3 is 6.09 Å². The van der Waals surface area contributed by atoms with Crippen LogP contribution in [-0.4, -0.2) is 30.1 Å². The van der Waals surface area contributed by atoms with Gasteiger partial charge in [0.05, 0.1) is 0 Å². The minimum absolute atomic E-state index is 0.135. The molecule has 1 saturated heterocycles. The lowest BCUT2D eigenvalue weighted by Crippen LogP contribution is -2.51. The summed E-state index contributed by atoms with van der Waals surface area (Å²) in [6.45, 7) is 1.85. The highest BCUT2D eigenvalue weighted by molar-refractivity contribution is 9.10. The number of likely N-dealkylation sites (tertiary alicyclic amines) is 1. The average molecular weight is 441 g/mol. The molecule has 2 aromatic carbocycles. The predicted molar refractivity (Wildman–Crippen MR) is 113 cm³/mol. The molecule has 5 rings (SSSR count). The molecule has 5 heteroatoms. The van der Waals surface area contributed by atoms with Gasteiger partial charge in [0, 0.05) is 34.7 Å². The maximum absolute atomic E-state index is 12.6. The van der Waals surface area contributed by atoms with Crippen LogP contribution in [0.4, 0.5) is 10.5 Å². The first-order valence-electron chi connectivity index (χ1n) is 10.2. The van der Waals surface area contributed by atoms with Gasteiger partial charge in [0.2, 0.25) is 0 Å². The van der Waals surface area contributed by atoms with E-state index in [9.17, 15) is 4.79 Å². The number of piperidine rings is 1. The van der Waals surface area contributed by atoms with Crippen LogP contribution in [0.15, 0.2) is 53.0 Å². The third kappa shape index (κ3) is 3.20. The van der Waals surface area contributed by atoms with Crippen molar-refractivity contribution in [2.45, 2.75) is 43.7 Å². The first-order valence-corrected chi connectivity index (χ1v) is 11.0. The highest BCUT2D eigenvalue weighted by atomic mass is 79.9. The zero-order valence-corrected chi connectivity index (χ0v) is 17.5. The summed E-state index contributed by atoms with van der Waals surface area (Å²) < 4.78 is 6.69. The summed E-state index contributed by atoms with van der Waals surface area (Å²) in [7, 11) is 0. The number of halogens is 1. The molecular weight excluding hydrogens is 416 g/mol. The van der Waals surface area contributed by atoms with Crippen molar-refractivity contribution >= 4 is 27.7 Å². The first-order chi connectivity index (χ1) is 13.7. The fraction of sp³-hybridized carbons (Fsp3) is 0.435. The van der Waals surface area contributed by atoms with E-state index >= 15 is 0 Å². The van der Waals surface area contributed by atoms with Crippen molar-refractivity contribution in [2.24, 2.45) is 5.92 Å². The summed E-state index contributed by atoms with van der Waals surface area (Å²) >= 11 is 3.65. The normalized spacial score (nSPS) is 22.6. The minimum atomic E-state index is -0.193. The molecule has 1 atom stereocenters. The number of hydrogen-bond donors (Lipinski definition) is 1. The summed E-state index contributed by atoms with van der Waals surface area (Å²) in [5.41, 5.74) is 3.87. The quantitative estimate of drug-likeness (QED) is 0.701. The van der Waals surface area contributed by atoms with Gasteiger partial charge in [0.1, 0.15) is 6.61 Å². The van der Waals surface area contributed by atoms with Crippen molar-refractivity contribution in [3.63, 3.8) is 0 Å². The molecule has 1 aliphatic carbocycles. The fourth-order valence-electron chi connectivity index (χ4n) is 5.01. The maximum atomic E-state index is 12.6. The predicted octanol–water partition coefficient (Wildman–Crippen LogP) is 5.32. The van der Waals surface area contributed by atoms with E-state index in [1.165, 1.54) is 24.1 Å². The van der Waals surface area contributed by atoms with Crippen LogP contribution in [0.1, 0.15) is 36.8 Å². The Bertz CT molecular complexity index is 873. The average Bonchev–Trinajstić information content (AvgIpc) is 3.53. The van der Waals surface area contributed by atoms with E-state index < -0.39 is 0 Å². The van der Waals surface area contributed by atoms with Crippen LogP contribution in [0.2, 0.25) is 0 Å². The summed E-state index contributed by atoms with van der Waals surface area (Å²) in [6.07, 6.45) is 4.42. The minimum Gasteiger partial charge on any atom is -0.445 e. The van der Waals surface area contributed by atoms with Gasteiger partial charge in [-0.15, -0.1) is 0 Å². The van der Waals surface area contributed by atoms with E-state index in [2.05, 4.69) is 39.4 Å². The number of anilines is 1. The largest absolute Gasteiger partial charge is 0.445 e. The van der Waals surface area contributed by atoms with E-state index in [0.29, 0.717) is 12.6 Å². The lowest BCUT2D eigenvalue weighted by atomic mass is 9.68. The van der Waals surface area contributed by atoms with Crippen molar-refractivity contribution in [1.29, 1.82) is 0 Å². The topological polar surface area (TPSA) is 41.6 Å². The van der Waals surface area contributed by atoms with E-state index in [4.69, 9.17) is 4.74 Å². The Hall–Kier alpha value is -2.01. The first kappa shape index (κ1) is 18.0. The van der Waals surface area contributed by atoms with Crippen LogP contribution in [0.25, 0.3) is 0 Å². The van der Waals surface area contributed by atoms with Crippen molar-refractivity contribution in [3.8, 4) is 0 Å². The number of ether oxygens (including phenoxy) is 1. The molecule has 2 fully saturated rings. The van der Waals surface area contributed by atoms with E-state index in [1.54, 1.807) is 0 Å². The van der Waals surface area contributed by atoms with Gasteiger partial charge in [-0.3, -0.25) is 0 Å². The molecule has 2 heterocycles. The van der Waals surface area contributed by atoms with Crippen LogP contribution in [0.3, 0.4) is 0 Å². The highest BCUT2D eigenvalue weighted by Crippen LogP contribution is 2.55. The monoisotopic (exact) mass is 440 g/mol. The molecule has 3 aliphatic rings. The number of benzene rings is 2. The van der Waals surface area contributed by atoms with Gasteiger partial charge in [-0.25, -0.2) is 4.79 Å². The standard InChI is InChI=1S/C23H25BrN2O2/c24-18-8-9-20-19(14-18)23(21(25-20)17-6-7-17)10-12-26(13-11-23)22(27)28-15-16-4-2-1-3-5-16/h1-5,8-9,14,17,21,25H,6-7,10-13,15H2. The van der Waals surface area contributed by atoms with Gasteiger partial charge in [0.25, 0.3) is 0 Å². The molecule has 146 valence electrons. The van der Waals surface area contributed by atoms with E-state index in [1.807, 2.05) is 35.2 Å². The Balaban J connectivity index is 1.29. The number of fused-ring (bicyclic) bond motifs is 2. The number of nitrogens with zero attached hydrogens (tertiary/aromatic N) is 1. The molecule has 1 spiro atoms. The Morgan fingerprint density at radius 1 is 1.14 bits per heavy atom. The second-order valence-electron chi connectivity index (χ2n) is 8.33. The lowest BCUT2D eigenvalue weighted by Gasteiger charge is -2.43. The summed E-state index contributed by atoms with van der Waals surface area (Å²) in [6, 6.07) is 17.0. The van der Waals surface area contributed by atoms with E-state index in [-0.39, 0.29) is 11.5 Å². The van der Waals surface area contributed by atoms with Crippen LogP contribution >= 0.6 is 15.9 Å². The summed E-state index contributed by atoms with van der Waals surface area (Å²) in [5.74, 6) is 0.766. The summed E-state index contributed by atoms with van der Waals surface area (Å²) in [5, 5.41) is 3.82. The number of amides is 1. The highest BCUT2D eigenvalue weighted by Gasteiger charge is 2.53. The molecule has 28 heavy (non-hydrogen) atoms. The SMILES string of the molecule is O=C(OCc1ccccc1)N1CCC2(CC1)c1cc(Br)ccc1NC2C1CC1. The van der Waals surface area contributed by atoms with Gasteiger partial charge < -0.3 is 15.0 Å². The molecule has 0 aromatic heterocycles. The molecule has 0 radical (unpaired) electrons. The molecule has 1 amide bonds. The Labute approximate surface area is 174 Å². The van der Waals surface area contributed by atoms with Crippen LogP contribution in [0.5, 0.6) is 0 Å². The van der Waals surface area contributed by atoms with Gasteiger partial charge in [0.15, 0.2) is 0 Å². The fourth-order valence-corrected chi connectivity index (χ4v) is 5.37. The molecule has 1 N–H and O–H groups in total. The van der Waals surface area contributed by atoms with Crippen LogP contribution in [-0.2, 0) is 16.8 Å². The van der Waals surface area contributed by atoms with Gasteiger partial charge in [-0.1, -0.05) is 46.3 Å². The second-order valence-corrected chi connectivity index (χ2v) is 9.25. The van der Waals surface area contributed by atoms with Crippen molar-refractivity contribution in [1.82, 2.24) is 4.90 Å². The molecule has 1 unspecified atom stereocenters. The number of nitrogens with one attached hydrogen (secondary N) is 1. The molecule has 1 saturated carbocycles. The molecule has 2 aliphatic heterocycles. The number of carbonyl (C=O) groups is 1. The van der Waals surface area contributed by atoms with E-state index in [0.717, 1.165) is 41.9 Å². The Morgan fingerprint density at radius 3 is 2.61 bits per heavy atom. The Kier molecular flexibility index (Phi) is 4.58. The molecule has 0 bridgehead atoms. The third-order valence-electron chi connectivity index (χ3n) is 6.64. The molecule has 4 nitrogen and oxygen atoms in total. The van der Waals surface area contributed by atoms with Crippen molar-refractivity contribution < 1.29 is 9.53 Å². The molecular formula is C23H25BrN2O2. The molecule has 2 aromatic rings. The van der Waals surface area contributed by atoms with Crippen LogP contribution in [0, 0.1) is 5.92 Å². The third-order valence-corrected chi connectivity index (χ3v) is 7.13.